The molecule has 0 bridgehead atoms. The van der Waals surface area contributed by atoms with Crippen LogP contribution < -0.4 is 4.74 Å². The van der Waals surface area contributed by atoms with Crippen LogP contribution >= 0.6 is 0 Å². The SMILES string of the molecule is CO/N=C(\F)c1cc(/C(=C\CCCN2CCOC2=O)c2ccc(C#N)cc2)cc(C)c1OC. The first-order chi connectivity index (χ1) is 16.0. The number of allylic oxidation sites excluding steroid dienone is 1. The van der Waals surface area contributed by atoms with E-state index in [2.05, 4.69) is 22.1 Å². The molecule has 1 fully saturated rings. The molecule has 1 aliphatic rings. The van der Waals surface area contributed by atoms with Gasteiger partial charge in [-0.2, -0.15) is 9.65 Å². The van der Waals surface area contributed by atoms with Crippen LogP contribution in [0.4, 0.5) is 9.18 Å². The van der Waals surface area contributed by atoms with Crippen molar-refractivity contribution in [3.63, 3.8) is 0 Å². The highest BCUT2D eigenvalue weighted by Crippen LogP contribution is 2.33. The van der Waals surface area contributed by atoms with Gasteiger partial charge in [-0.25, -0.2) is 4.79 Å². The van der Waals surface area contributed by atoms with Crippen molar-refractivity contribution in [3.05, 3.63) is 70.3 Å². The zero-order chi connectivity index (χ0) is 23.8. The molecule has 1 heterocycles. The van der Waals surface area contributed by atoms with E-state index in [1.54, 1.807) is 23.1 Å². The van der Waals surface area contributed by atoms with Crippen LogP contribution in [-0.4, -0.2) is 50.9 Å². The number of hydrogen-bond acceptors (Lipinski definition) is 6. The minimum Gasteiger partial charge on any atom is -0.496 e. The summed E-state index contributed by atoms with van der Waals surface area (Å²) in [5, 5.41) is 12.6. The monoisotopic (exact) mass is 451 g/mol. The van der Waals surface area contributed by atoms with Gasteiger partial charge in [0.15, 0.2) is 0 Å². The molecule has 2 aromatic carbocycles. The van der Waals surface area contributed by atoms with Crippen molar-refractivity contribution >= 4 is 17.6 Å². The second-order valence-corrected chi connectivity index (χ2v) is 7.49. The quantitative estimate of drug-likeness (QED) is 0.310. The Kier molecular flexibility index (Phi) is 8.03. The van der Waals surface area contributed by atoms with Crippen LogP contribution in [-0.2, 0) is 9.57 Å². The van der Waals surface area contributed by atoms with Crippen LogP contribution in [0.1, 0.15) is 40.7 Å². The number of oxime groups is 1. The van der Waals surface area contributed by atoms with Crippen LogP contribution in [0.25, 0.3) is 5.57 Å². The Balaban J connectivity index is 1.98. The van der Waals surface area contributed by atoms with Crippen LogP contribution in [0.5, 0.6) is 5.75 Å². The highest BCUT2D eigenvalue weighted by atomic mass is 19.1. The molecule has 1 amide bonds. The Morgan fingerprint density at radius 2 is 2.03 bits per heavy atom. The molecule has 1 aliphatic heterocycles. The van der Waals surface area contributed by atoms with Crippen molar-refractivity contribution in [1.29, 1.82) is 5.26 Å². The fraction of sp³-hybridized carbons (Fsp3) is 0.320. The Hall–Kier alpha value is -3.86. The van der Waals surface area contributed by atoms with Gasteiger partial charge < -0.3 is 19.2 Å². The summed E-state index contributed by atoms with van der Waals surface area (Å²) in [6.07, 6.45) is 3.21. The van der Waals surface area contributed by atoms with Gasteiger partial charge in [-0.1, -0.05) is 23.4 Å². The Morgan fingerprint density at radius 1 is 1.27 bits per heavy atom. The molecule has 0 radical (unpaired) electrons. The number of benzene rings is 2. The van der Waals surface area contributed by atoms with Gasteiger partial charge in [0.2, 0.25) is 0 Å². The van der Waals surface area contributed by atoms with Crippen molar-refractivity contribution in [2.75, 3.05) is 33.9 Å². The van der Waals surface area contributed by atoms with Gasteiger partial charge in [0.05, 0.1) is 30.9 Å². The summed E-state index contributed by atoms with van der Waals surface area (Å²) in [6.45, 7) is 3.46. The van der Waals surface area contributed by atoms with E-state index >= 15 is 0 Å². The summed E-state index contributed by atoms with van der Waals surface area (Å²) < 4.78 is 25.0. The first kappa shape index (κ1) is 23.8. The zero-order valence-electron chi connectivity index (χ0n) is 18.9. The minimum absolute atomic E-state index is 0.189. The molecule has 8 heteroatoms. The number of cyclic esters (lactones) is 1. The van der Waals surface area contributed by atoms with Crippen molar-refractivity contribution in [2.45, 2.75) is 19.8 Å². The highest BCUT2D eigenvalue weighted by Gasteiger charge is 2.21. The number of nitrogens with zero attached hydrogens (tertiary/aromatic N) is 3. The zero-order valence-corrected chi connectivity index (χ0v) is 18.9. The maximum absolute atomic E-state index is 14.7. The molecule has 0 N–H and O–H groups in total. The second kappa shape index (κ2) is 11.1. The summed E-state index contributed by atoms with van der Waals surface area (Å²) >= 11 is 0. The van der Waals surface area contributed by atoms with Gasteiger partial charge in [-0.15, -0.1) is 0 Å². The number of carbonyl (C=O) groups is 1. The molecule has 0 spiro atoms. The molecule has 0 unspecified atom stereocenters. The molecular formula is C25H26FN3O4. The summed E-state index contributed by atoms with van der Waals surface area (Å²) in [4.78, 5) is 17.9. The normalized spacial score (nSPS) is 14.2. The van der Waals surface area contributed by atoms with E-state index in [1.807, 2.05) is 25.1 Å². The molecule has 0 saturated carbocycles. The smallest absolute Gasteiger partial charge is 0.409 e. The van der Waals surface area contributed by atoms with E-state index in [9.17, 15) is 9.18 Å². The standard InChI is InChI=1S/C25H26FN3O4/c1-17-14-20(15-22(23(17)31-2)24(26)28-32-3)21(19-9-7-18(16-27)8-10-19)6-4-5-11-29-12-13-33-25(29)30/h6-10,14-15H,4-5,11-13H2,1-3H3/b21-6-,28-24-. The Labute approximate surface area is 192 Å². The molecule has 7 nitrogen and oxygen atoms in total. The minimum atomic E-state index is -0.786. The predicted octanol–water partition coefficient (Wildman–Crippen LogP) is 4.82. The first-order valence-corrected chi connectivity index (χ1v) is 10.6. The number of carbonyl (C=O) groups excluding carboxylic acids is 1. The third-order valence-corrected chi connectivity index (χ3v) is 5.33. The molecule has 0 atom stereocenters. The van der Waals surface area contributed by atoms with Crippen LogP contribution in [0.3, 0.4) is 0 Å². The molecule has 33 heavy (non-hydrogen) atoms. The number of methoxy groups -OCH3 is 1. The molecule has 2 aromatic rings. The number of hydrogen-bond donors (Lipinski definition) is 0. The molecule has 172 valence electrons. The second-order valence-electron chi connectivity index (χ2n) is 7.49. The lowest BCUT2D eigenvalue weighted by Crippen LogP contribution is -2.25. The topological polar surface area (TPSA) is 84.2 Å². The fourth-order valence-corrected chi connectivity index (χ4v) is 3.77. The van der Waals surface area contributed by atoms with Gasteiger partial charge in [0, 0.05) is 6.54 Å². The summed E-state index contributed by atoms with van der Waals surface area (Å²) in [5.74, 6) is -0.408. The maximum Gasteiger partial charge on any atom is 0.409 e. The predicted molar refractivity (Wildman–Crippen MR) is 123 cm³/mol. The van der Waals surface area contributed by atoms with E-state index in [-0.39, 0.29) is 11.7 Å². The number of unbranched alkanes of at least 4 members (excludes halogenated alkanes) is 1. The van der Waals surface area contributed by atoms with E-state index in [1.165, 1.54) is 14.2 Å². The molecule has 0 aliphatic carbocycles. The number of rotatable bonds is 9. The van der Waals surface area contributed by atoms with Crippen molar-refractivity contribution in [2.24, 2.45) is 5.16 Å². The van der Waals surface area contributed by atoms with Gasteiger partial charge in [-0.3, -0.25) is 0 Å². The lowest BCUT2D eigenvalue weighted by atomic mass is 9.92. The molecule has 0 aromatic heterocycles. The van der Waals surface area contributed by atoms with Crippen LogP contribution in [0, 0.1) is 18.3 Å². The average molecular weight is 451 g/mol. The van der Waals surface area contributed by atoms with Crippen molar-refractivity contribution in [3.8, 4) is 11.8 Å². The maximum atomic E-state index is 14.7. The lowest BCUT2D eigenvalue weighted by molar-refractivity contribution is 0.158. The van der Waals surface area contributed by atoms with E-state index in [4.69, 9.17) is 14.7 Å². The van der Waals surface area contributed by atoms with Crippen LogP contribution in [0.15, 0.2) is 47.6 Å². The van der Waals surface area contributed by atoms with Crippen molar-refractivity contribution in [1.82, 2.24) is 4.90 Å². The van der Waals surface area contributed by atoms with E-state index in [0.717, 1.165) is 28.7 Å². The van der Waals surface area contributed by atoms with Gasteiger partial charge in [-0.05, 0) is 66.3 Å². The molecule has 1 saturated heterocycles. The van der Waals surface area contributed by atoms with E-state index < -0.39 is 5.97 Å². The average Bonchev–Trinajstić information content (AvgIpc) is 3.23. The number of nitriles is 1. The highest BCUT2D eigenvalue weighted by molar-refractivity contribution is 5.98. The molecule has 3 rings (SSSR count). The van der Waals surface area contributed by atoms with Crippen molar-refractivity contribution < 1.29 is 23.5 Å². The largest absolute Gasteiger partial charge is 0.496 e. The summed E-state index contributed by atoms with van der Waals surface area (Å²) in [5.41, 5.74) is 4.01. The summed E-state index contributed by atoms with van der Waals surface area (Å²) in [6, 6.07) is 12.9. The number of halogens is 1. The van der Waals surface area contributed by atoms with Gasteiger partial charge in [0.25, 0.3) is 5.97 Å². The first-order valence-electron chi connectivity index (χ1n) is 10.6. The third-order valence-electron chi connectivity index (χ3n) is 5.33. The number of aryl methyl sites for hydroxylation is 1. The lowest BCUT2D eigenvalue weighted by Gasteiger charge is -2.16. The number of ether oxygens (including phenoxy) is 2. The third kappa shape index (κ3) is 5.69. The van der Waals surface area contributed by atoms with Gasteiger partial charge in [0.1, 0.15) is 19.5 Å². The molecular weight excluding hydrogens is 425 g/mol. The summed E-state index contributed by atoms with van der Waals surface area (Å²) in [7, 11) is 2.76. The van der Waals surface area contributed by atoms with Crippen LogP contribution in [0.2, 0.25) is 0 Å². The number of amides is 1. The Bertz CT molecular complexity index is 1100. The van der Waals surface area contributed by atoms with E-state index in [0.29, 0.717) is 37.4 Å². The fourth-order valence-electron chi connectivity index (χ4n) is 3.77. The Morgan fingerprint density at radius 3 is 2.64 bits per heavy atom. The van der Waals surface area contributed by atoms with Gasteiger partial charge >= 0.3 is 6.09 Å².